The van der Waals surface area contributed by atoms with Crippen LogP contribution < -0.4 is 5.32 Å². The molecule has 2 saturated heterocycles. The molecule has 2 unspecified atom stereocenters. The number of piperazine rings is 1. The van der Waals surface area contributed by atoms with Crippen molar-refractivity contribution in [3.05, 3.63) is 0 Å². The third-order valence-electron chi connectivity index (χ3n) is 4.56. The molecule has 2 fully saturated rings. The first-order chi connectivity index (χ1) is 10.8. The molecule has 0 spiro atoms. The molecular weight excluding hydrogens is 316 g/mol. The van der Waals surface area contributed by atoms with Crippen LogP contribution in [0.3, 0.4) is 0 Å². The van der Waals surface area contributed by atoms with Gasteiger partial charge in [-0.2, -0.15) is 17.0 Å². The number of amides is 1. The second kappa shape index (κ2) is 7.92. The minimum absolute atomic E-state index is 0.00230. The van der Waals surface area contributed by atoms with E-state index in [2.05, 4.69) is 19.2 Å². The highest BCUT2D eigenvalue weighted by Crippen LogP contribution is 2.25. The minimum Gasteiger partial charge on any atom is -0.355 e. The van der Waals surface area contributed by atoms with Crippen molar-refractivity contribution in [1.82, 2.24) is 18.8 Å². The van der Waals surface area contributed by atoms with Gasteiger partial charge in [-0.1, -0.05) is 13.8 Å². The summed E-state index contributed by atoms with van der Waals surface area (Å²) in [6.07, 6.45) is 1.09. The molecule has 0 aromatic rings. The molecule has 0 aromatic heterocycles. The first-order valence-electron chi connectivity index (χ1n) is 8.57. The lowest BCUT2D eigenvalue weighted by molar-refractivity contribution is -0.122. The number of piperidine rings is 1. The number of nitrogens with one attached hydrogen (secondary N) is 1. The summed E-state index contributed by atoms with van der Waals surface area (Å²) in [5.41, 5.74) is 0. The van der Waals surface area contributed by atoms with E-state index in [4.69, 9.17) is 0 Å². The third-order valence-corrected chi connectivity index (χ3v) is 6.53. The summed E-state index contributed by atoms with van der Waals surface area (Å²) in [4.78, 5) is 13.6. The monoisotopic (exact) mass is 346 g/mol. The van der Waals surface area contributed by atoms with Crippen LogP contribution in [-0.4, -0.2) is 80.2 Å². The van der Waals surface area contributed by atoms with E-state index in [0.29, 0.717) is 64.2 Å². The van der Waals surface area contributed by atoms with Crippen molar-refractivity contribution >= 4 is 16.1 Å². The molecule has 8 heteroatoms. The number of rotatable bonds is 5. The third kappa shape index (κ3) is 4.89. The van der Waals surface area contributed by atoms with Crippen molar-refractivity contribution in [1.29, 1.82) is 0 Å². The fraction of sp³-hybridized carbons (Fsp3) is 0.933. The van der Waals surface area contributed by atoms with Gasteiger partial charge in [0.2, 0.25) is 5.91 Å². The van der Waals surface area contributed by atoms with Gasteiger partial charge in [0.05, 0.1) is 6.54 Å². The molecule has 2 rings (SSSR count). The lowest BCUT2D eigenvalue weighted by Crippen LogP contribution is -2.56. The first-order valence-corrected chi connectivity index (χ1v) is 9.97. The molecule has 2 aliphatic rings. The van der Waals surface area contributed by atoms with Crippen LogP contribution in [0, 0.1) is 11.8 Å². The van der Waals surface area contributed by atoms with Gasteiger partial charge in [-0.25, -0.2) is 0 Å². The largest absolute Gasteiger partial charge is 0.355 e. The summed E-state index contributed by atoms with van der Waals surface area (Å²) in [6, 6.07) is 0. The molecule has 2 atom stereocenters. The maximum atomic E-state index is 12.8. The van der Waals surface area contributed by atoms with Crippen LogP contribution in [0.4, 0.5) is 0 Å². The standard InChI is InChI=1S/C15H30N4O3S/c1-4-16-15(20)12-17-5-7-18(8-6-17)23(21,22)19-10-13(2)9-14(3)11-19/h13-14H,4-12H2,1-3H3,(H,16,20). The van der Waals surface area contributed by atoms with Gasteiger partial charge >= 0.3 is 0 Å². The normalized spacial score (nSPS) is 28.7. The van der Waals surface area contributed by atoms with Crippen LogP contribution in [0.1, 0.15) is 27.2 Å². The summed E-state index contributed by atoms with van der Waals surface area (Å²) in [5, 5.41) is 2.77. The second-order valence-corrected chi connectivity index (χ2v) is 8.83. The van der Waals surface area contributed by atoms with Crippen molar-refractivity contribution in [2.24, 2.45) is 11.8 Å². The minimum atomic E-state index is -3.37. The van der Waals surface area contributed by atoms with Gasteiger partial charge in [0.15, 0.2) is 0 Å². The predicted octanol–water partition coefficient (Wildman–Crippen LogP) is -0.0372. The smallest absolute Gasteiger partial charge is 0.282 e. The predicted molar refractivity (Wildman–Crippen MR) is 90.1 cm³/mol. The van der Waals surface area contributed by atoms with Gasteiger partial charge in [-0.05, 0) is 25.2 Å². The maximum Gasteiger partial charge on any atom is 0.282 e. The number of likely N-dealkylation sites (N-methyl/N-ethyl adjacent to an activating group) is 1. The average Bonchev–Trinajstić information content (AvgIpc) is 2.47. The van der Waals surface area contributed by atoms with Crippen molar-refractivity contribution in [2.45, 2.75) is 27.2 Å². The zero-order valence-corrected chi connectivity index (χ0v) is 15.3. The van der Waals surface area contributed by atoms with Gasteiger partial charge in [-0.15, -0.1) is 0 Å². The lowest BCUT2D eigenvalue weighted by atomic mass is 9.94. The molecule has 0 saturated carbocycles. The van der Waals surface area contributed by atoms with Crippen LogP contribution in [0.15, 0.2) is 0 Å². The molecule has 2 aliphatic heterocycles. The Kier molecular flexibility index (Phi) is 6.41. The summed E-state index contributed by atoms with van der Waals surface area (Å²) >= 11 is 0. The van der Waals surface area contributed by atoms with Gasteiger partial charge < -0.3 is 5.32 Å². The van der Waals surface area contributed by atoms with Crippen LogP contribution in [-0.2, 0) is 15.0 Å². The Morgan fingerprint density at radius 3 is 2.13 bits per heavy atom. The molecule has 1 amide bonds. The van der Waals surface area contributed by atoms with Gasteiger partial charge in [0.1, 0.15) is 0 Å². The highest BCUT2D eigenvalue weighted by atomic mass is 32.2. The zero-order chi connectivity index (χ0) is 17.0. The van der Waals surface area contributed by atoms with E-state index >= 15 is 0 Å². The zero-order valence-electron chi connectivity index (χ0n) is 14.5. The van der Waals surface area contributed by atoms with E-state index < -0.39 is 10.2 Å². The number of hydrogen-bond donors (Lipinski definition) is 1. The summed E-state index contributed by atoms with van der Waals surface area (Å²) in [5.74, 6) is 0.822. The van der Waals surface area contributed by atoms with E-state index in [1.54, 1.807) is 8.61 Å². The van der Waals surface area contributed by atoms with Crippen molar-refractivity contribution in [3.8, 4) is 0 Å². The highest BCUT2D eigenvalue weighted by molar-refractivity contribution is 7.86. The van der Waals surface area contributed by atoms with E-state index in [1.165, 1.54) is 0 Å². The lowest BCUT2D eigenvalue weighted by Gasteiger charge is -2.40. The molecule has 134 valence electrons. The Morgan fingerprint density at radius 1 is 1.04 bits per heavy atom. The van der Waals surface area contributed by atoms with Crippen LogP contribution >= 0.6 is 0 Å². The molecular formula is C15H30N4O3S. The maximum absolute atomic E-state index is 12.8. The van der Waals surface area contributed by atoms with Crippen LogP contribution in [0.2, 0.25) is 0 Å². The topological polar surface area (TPSA) is 73.0 Å². The molecule has 0 aliphatic carbocycles. The quantitative estimate of drug-likeness (QED) is 0.758. The SMILES string of the molecule is CCNC(=O)CN1CCN(S(=O)(=O)N2CC(C)CC(C)C2)CC1. The van der Waals surface area contributed by atoms with E-state index in [0.717, 1.165) is 6.42 Å². The fourth-order valence-electron chi connectivity index (χ4n) is 3.53. The molecule has 1 N–H and O–H groups in total. The fourth-order valence-corrected chi connectivity index (χ4v) is 5.37. The van der Waals surface area contributed by atoms with Crippen LogP contribution in [0.5, 0.6) is 0 Å². The Balaban J connectivity index is 1.89. The summed E-state index contributed by atoms with van der Waals surface area (Å²) in [6.45, 7) is 10.5. The average molecular weight is 346 g/mol. The van der Waals surface area contributed by atoms with Crippen molar-refractivity contribution in [3.63, 3.8) is 0 Å². The first kappa shape index (κ1) is 18.6. The van der Waals surface area contributed by atoms with Gasteiger partial charge in [0, 0.05) is 45.8 Å². The Labute approximate surface area is 140 Å². The number of carbonyl (C=O) groups is 1. The highest BCUT2D eigenvalue weighted by Gasteiger charge is 2.36. The number of nitrogens with zero attached hydrogens (tertiary/aromatic N) is 3. The molecule has 7 nitrogen and oxygen atoms in total. The van der Waals surface area contributed by atoms with E-state index in [9.17, 15) is 13.2 Å². The van der Waals surface area contributed by atoms with Crippen molar-refractivity contribution < 1.29 is 13.2 Å². The number of carbonyl (C=O) groups excluding carboxylic acids is 1. The molecule has 0 aromatic carbocycles. The van der Waals surface area contributed by atoms with E-state index in [-0.39, 0.29) is 5.91 Å². The molecule has 0 bridgehead atoms. The molecule has 2 heterocycles. The summed E-state index contributed by atoms with van der Waals surface area (Å²) < 4.78 is 28.9. The van der Waals surface area contributed by atoms with Crippen molar-refractivity contribution in [2.75, 3.05) is 52.4 Å². The van der Waals surface area contributed by atoms with Gasteiger partial charge in [0.25, 0.3) is 10.2 Å². The van der Waals surface area contributed by atoms with E-state index in [1.807, 2.05) is 11.8 Å². The second-order valence-electron chi connectivity index (χ2n) is 6.90. The number of hydrogen-bond acceptors (Lipinski definition) is 4. The Morgan fingerprint density at radius 2 is 1.61 bits per heavy atom. The summed E-state index contributed by atoms with van der Waals surface area (Å²) in [7, 11) is -3.37. The molecule has 23 heavy (non-hydrogen) atoms. The van der Waals surface area contributed by atoms with Crippen LogP contribution in [0.25, 0.3) is 0 Å². The van der Waals surface area contributed by atoms with Gasteiger partial charge in [-0.3, -0.25) is 9.69 Å². The Bertz CT molecular complexity index is 493. The Hall–Kier alpha value is -0.700. The molecule has 0 radical (unpaired) electrons.